The van der Waals surface area contributed by atoms with Crippen LogP contribution in [0.2, 0.25) is 5.02 Å². The summed E-state index contributed by atoms with van der Waals surface area (Å²) in [6.45, 7) is 1.74. The molecule has 2 nitrogen and oxygen atoms in total. The minimum absolute atomic E-state index is 0.178. The number of rotatable bonds is 3. The Kier molecular flexibility index (Phi) is 4.03. The van der Waals surface area contributed by atoms with Gasteiger partial charge in [-0.15, -0.1) is 0 Å². The Bertz CT molecular complexity index is 663. The highest BCUT2D eigenvalue weighted by Gasteiger charge is 2.14. The Labute approximate surface area is 121 Å². The third-order valence-corrected chi connectivity index (χ3v) is 3.35. The second-order valence-corrected chi connectivity index (χ2v) is 4.86. The summed E-state index contributed by atoms with van der Waals surface area (Å²) in [7, 11) is 0. The largest absolute Gasteiger partial charge is 0.289 e. The van der Waals surface area contributed by atoms with Gasteiger partial charge >= 0.3 is 0 Å². The molecule has 0 saturated heterocycles. The van der Waals surface area contributed by atoms with Crippen molar-refractivity contribution in [2.45, 2.75) is 6.92 Å². The van der Waals surface area contributed by atoms with Gasteiger partial charge in [0.25, 0.3) is 5.24 Å². The molecule has 0 amide bonds. The van der Waals surface area contributed by atoms with Crippen LogP contribution in [0.5, 0.6) is 0 Å². The van der Waals surface area contributed by atoms with Crippen LogP contribution in [0.4, 0.5) is 0 Å². The Morgan fingerprint density at radius 1 is 1.00 bits per heavy atom. The van der Waals surface area contributed by atoms with Crippen molar-refractivity contribution < 1.29 is 9.59 Å². The number of halogens is 2. The van der Waals surface area contributed by atoms with E-state index >= 15 is 0 Å². The summed E-state index contributed by atoms with van der Waals surface area (Å²) >= 11 is 11.4. The molecular formula is C15H10Cl2O2. The van der Waals surface area contributed by atoms with Crippen molar-refractivity contribution in [3.8, 4) is 0 Å². The van der Waals surface area contributed by atoms with Gasteiger partial charge in [0.2, 0.25) is 0 Å². The van der Waals surface area contributed by atoms with Crippen molar-refractivity contribution in [1.82, 2.24) is 0 Å². The number of ketones is 1. The van der Waals surface area contributed by atoms with E-state index in [-0.39, 0.29) is 5.78 Å². The number of carbonyl (C=O) groups excluding carboxylic acids is 2. The van der Waals surface area contributed by atoms with Crippen molar-refractivity contribution >= 4 is 34.2 Å². The van der Waals surface area contributed by atoms with E-state index < -0.39 is 5.24 Å². The average Bonchev–Trinajstić information content (AvgIpc) is 2.38. The molecule has 0 spiro atoms. The quantitative estimate of drug-likeness (QED) is 0.626. The molecule has 0 unspecified atom stereocenters. The lowest BCUT2D eigenvalue weighted by atomic mass is 9.99. The maximum Gasteiger partial charge on any atom is 0.252 e. The fourth-order valence-corrected chi connectivity index (χ4v) is 2.26. The molecule has 0 aromatic heterocycles. The Balaban J connectivity index is 2.43. The van der Waals surface area contributed by atoms with Gasteiger partial charge in [-0.05, 0) is 48.4 Å². The third kappa shape index (κ3) is 2.86. The van der Waals surface area contributed by atoms with Crippen LogP contribution >= 0.6 is 23.2 Å². The molecule has 0 radical (unpaired) electrons. The van der Waals surface area contributed by atoms with Gasteiger partial charge in [0.1, 0.15) is 0 Å². The molecule has 19 heavy (non-hydrogen) atoms. The van der Waals surface area contributed by atoms with Crippen LogP contribution < -0.4 is 0 Å². The van der Waals surface area contributed by atoms with Gasteiger partial charge in [-0.1, -0.05) is 29.8 Å². The van der Waals surface area contributed by atoms with E-state index in [1.807, 2.05) is 0 Å². The lowest BCUT2D eigenvalue weighted by Gasteiger charge is -2.06. The predicted octanol–water partition coefficient (Wildman–Crippen LogP) is 4.26. The van der Waals surface area contributed by atoms with Gasteiger partial charge in [0.05, 0.1) is 5.02 Å². The highest BCUT2D eigenvalue weighted by atomic mass is 35.5. The summed E-state index contributed by atoms with van der Waals surface area (Å²) in [5.74, 6) is -0.178. The van der Waals surface area contributed by atoms with Gasteiger partial charge in [0.15, 0.2) is 5.78 Å². The molecule has 0 aliphatic heterocycles. The van der Waals surface area contributed by atoms with Crippen LogP contribution in [0.3, 0.4) is 0 Å². The summed E-state index contributed by atoms with van der Waals surface area (Å²) < 4.78 is 0. The molecule has 0 heterocycles. The van der Waals surface area contributed by atoms with E-state index in [0.29, 0.717) is 27.3 Å². The third-order valence-electron chi connectivity index (χ3n) is 2.82. The minimum atomic E-state index is -0.533. The Morgan fingerprint density at radius 3 is 2.26 bits per heavy atom. The normalized spacial score (nSPS) is 10.3. The first-order valence-electron chi connectivity index (χ1n) is 5.60. The second-order valence-electron chi connectivity index (χ2n) is 4.11. The van der Waals surface area contributed by atoms with Gasteiger partial charge in [-0.25, -0.2) is 0 Å². The van der Waals surface area contributed by atoms with Crippen LogP contribution in [0, 0.1) is 6.92 Å². The van der Waals surface area contributed by atoms with Gasteiger partial charge < -0.3 is 0 Å². The topological polar surface area (TPSA) is 34.1 Å². The van der Waals surface area contributed by atoms with Crippen molar-refractivity contribution in [1.29, 1.82) is 0 Å². The molecule has 0 fully saturated rings. The molecule has 2 aromatic carbocycles. The molecule has 0 aliphatic rings. The molecule has 0 atom stereocenters. The van der Waals surface area contributed by atoms with Crippen molar-refractivity contribution in [3.05, 3.63) is 69.7 Å². The Morgan fingerprint density at radius 2 is 1.68 bits per heavy atom. The van der Waals surface area contributed by atoms with Crippen LogP contribution in [0.1, 0.15) is 31.8 Å². The molecule has 0 aliphatic carbocycles. The SMILES string of the molecule is Cc1cc(C(=O)c2ccccc2Cl)ccc1C(=O)Cl. The standard InChI is InChI=1S/C15H10Cl2O2/c1-9-8-10(6-7-11(9)15(17)19)14(18)12-4-2-3-5-13(12)16/h2-8H,1H3. The first-order chi connectivity index (χ1) is 9.00. The highest BCUT2D eigenvalue weighted by molar-refractivity contribution is 6.67. The Hall–Kier alpha value is -1.64. The monoisotopic (exact) mass is 292 g/mol. The molecule has 96 valence electrons. The first-order valence-corrected chi connectivity index (χ1v) is 6.36. The van der Waals surface area contributed by atoms with Crippen molar-refractivity contribution in [2.24, 2.45) is 0 Å². The van der Waals surface area contributed by atoms with Crippen molar-refractivity contribution in [2.75, 3.05) is 0 Å². The van der Waals surface area contributed by atoms with Gasteiger partial charge in [-0.2, -0.15) is 0 Å². The number of carbonyl (C=O) groups is 2. The fourth-order valence-electron chi connectivity index (χ4n) is 1.83. The summed E-state index contributed by atoms with van der Waals surface area (Å²) in [5, 5.41) is -0.128. The van der Waals surface area contributed by atoms with Gasteiger partial charge in [-0.3, -0.25) is 9.59 Å². The van der Waals surface area contributed by atoms with Crippen LogP contribution in [-0.2, 0) is 0 Å². The van der Waals surface area contributed by atoms with Crippen LogP contribution in [-0.4, -0.2) is 11.0 Å². The molecule has 0 bridgehead atoms. The van der Waals surface area contributed by atoms with E-state index in [4.69, 9.17) is 23.2 Å². The zero-order valence-corrected chi connectivity index (χ0v) is 11.6. The lowest BCUT2D eigenvalue weighted by Crippen LogP contribution is -2.04. The maximum absolute atomic E-state index is 12.3. The molecule has 2 aromatic rings. The molecule has 0 saturated carbocycles. The lowest BCUT2D eigenvalue weighted by molar-refractivity contribution is 0.103. The van der Waals surface area contributed by atoms with Crippen molar-refractivity contribution in [3.63, 3.8) is 0 Å². The number of benzene rings is 2. The van der Waals surface area contributed by atoms with Gasteiger partial charge in [0, 0.05) is 16.7 Å². The summed E-state index contributed by atoms with van der Waals surface area (Å²) in [6, 6.07) is 11.6. The van der Waals surface area contributed by atoms with E-state index in [2.05, 4.69) is 0 Å². The van der Waals surface area contributed by atoms with Crippen LogP contribution in [0.25, 0.3) is 0 Å². The maximum atomic E-state index is 12.3. The first kappa shape index (κ1) is 13.8. The zero-order chi connectivity index (χ0) is 14.0. The number of hydrogen-bond donors (Lipinski definition) is 0. The number of hydrogen-bond acceptors (Lipinski definition) is 2. The number of aryl methyl sites for hydroxylation is 1. The minimum Gasteiger partial charge on any atom is -0.289 e. The van der Waals surface area contributed by atoms with Crippen LogP contribution in [0.15, 0.2) is 42.5 Å². The smallest absolute Gasteiger partial charge is 0.252 e. The predicted molar refractivity (Wildman–Crippen MR) is 76.2 cm³/mol. The summed E-state index contributed by atoms with van der Waals surface area (Å²) in [6.07, 6.45) is 0. The highest BCUT2D eigenvalue weighted by Crippen LogP contribution is 2.21. The van der Waals surface area contributed by atoms with E-state index in [0.717, 1.165) is 0 Å². The zero-order valence-electron chi connectivity index (χ0n) is 10.1. The average molecular weight is 293 g/mol. The molecule has 4 heteroatoms. The molecule has 0 N–H and O–H groups in total. The summed E-state index contributed by atoms with van der Waals surface area (Å²) in [4.78, 5) is 23.4. The fraction of sp³-hybridized carbons (Fsp3) is 0.0667. The van der Waals surface area contributed by atoms with E-state index in [1.54, 1.807) is 49.4 Å². The molecular weight excluding hydrogens is 283 g/mol. The second kappa shape index (κ2) is 5.55. The van der Waals surface area contributed by atoms with E-state index in [1.165, 1.54) is 0 Å². The van der Waals surface area contributed by atoms with E-state index in [9.17, 15) is 9.59 Å². The summed E-state index contributed by atoms with van der Waals surface area (Å²) in [5.41, 5.74) is 1.98. The molecule has 2 rings (SSSR count).